The van der Waals surface area contributed by atoms with Gasteiger partial charge in [-0.05, 0) is 26.0 Å². The molecule has 0 spiro atoms. The quantitative estimate of drug-likeness (QED) is 0.885. The maximum Gasteiger partial charge on any atom is 0.243 e. The van der Waals surface area contributed by atoms with Gasteiger partial charge >= 0.3 is 0 Å². The molecule has 0 amide bonds. The van der Waals surface area contributed by atoms with E-state index in [2.05, 4.69) is 0 Å². The second-order valence-electron chi connectivity index (χ2n) is 5.15. The number of hydrogen-bond acceptors (Lipinski definition) is 4. The van der Waals surface area contributed by atoms with Crippen LogP contribution in [0.4, 0.5) is 0 Å². The highest BCUT2D eigenvalue weighted by Gasteiger charge is 2.27. The van der Waals surface area contributed by atoms with Gasteiger partial charge < -0.3 is 10.5 Å². The van der Waals surface area contributed by atoms with Gasteiger partial charge in [-0.3, -0.25) is 0 Å². The van der Waals surface area contributed by atoms with Gasteiger partial charge in [0, 0.05) is 30.4 Å². The third-order valence-corrected chi connectivity index (χ3v) is 5.79. The summed E-state index contributed by atoms with van der Waals surface area (Å²) in [5.41, 5.74) is 5.60. The lowest BCUT2D eigenvalue weighted by atomic mass is 10.1. The Balaban J connectivity index is 2.64. The van der Waals surface area contributed by atoms with Gasteiger partial charge in [0.15, 0.2) is 0 Å². The van der Waals surface area contributed by atoms with Crippen LogP contribution in [0.15, 0.2) is 41.3 Å². The van der Waals surface area contributed by atoms with Gasteiger partial charge in [0.25, 0.3) is 0 Å². The van der Waals surface area contributed by atoms with Crippen LogP contribution in [0, 0.1) is 0 Å². The molecule has 0 saturated heterocycles. The molecule has 0 bridgehead atoms. The van der Waals surface area contributed by atoms with E-state index in [0.29, 0.717) is 17.7 Å². The molecule has 2 rings (SSSR count). The van der Waals surface area contributed by atoms with Gasteiger partial charge in [-0.2, -0.15) is 4.31 Å². The lowest BCUT2D eigenvalue weighted by Crippen LogP contribution is -2.39. The molecule has 2 N–H and O–H groups in total. The Hall–Kier alpha value is -1.63. The molecular formula is C16H22N2O3S. The van der Waals surface area contributed by atoms with Crippen LogP contribution in [0.5, 0.6) is 5.75 Å². The fraction of sp³-hybridized carbons (Fsp3) is 0.375. The SMILES string of the molecule is CCOc1ccc(S(=O)(=O)N(C)C(C)CN)c2ccccc12. The highest BCUT2D eigenvalue weighted by Crippen LogP contribution is 2.32. The van der Waals surface area contributed by atoms with Crippen molar-refractivity contribution in [2.45, 2.75) is 24.8 Å². The molecule has 5 nitrogen and oxygen atoms in total. The van der Waals surface area contributed by atoms with Crippen LogP contribution in [0.1, 0.15) is 13.8 Å². The maximum absolute atomic E-state index is 12.8. The molecule has 1 atom stereocenters. The number of fused-ring (bicyclic) bond motifs is 1. The van der Waals surface area contributed by atoms with Crippen LogP contribution in [0.25, 0.3) is 10.8 Å². The molecule has 0 heterocycles. The number of sulfonamides is 1. The summed E-state index contributed by atoms with van der Waals surface area (Å²) in [6.07, 6.45) is 0. The third kappa shape index (κ3) is 2.95. The number of nitrogens with two attached hydrogens (primary N) is 1. The van der Waals surface area contributed by atoms with Crippen LogP contribution in [-0.4, -0.2) is 39.0 Å². The molecule has 0 saturated carbocycles. The molecule has 0 aliphatic carbocycles. The zero-order valence-electron chi connectivity index (χ0n) is 13.1. The van der Waals surface area contributed by atoms with E-state index in [1.807, 2.05) is 25.1 Å². The highest BCUT2D eigenvalue weighted by molar-refractivity contribution is 7.89. The molecule has 120 valence electrons. The monoisotopic (exact) mass is 322 g/mol. The van der Waals surface area contributed by atoms with E-state index >= 15 is 0 Å². The number of nitrogens with zero attached hydrogens (tertiary/aromatic N) is 1. The minimum atomic E-state index is -3.61. The minimum absolute atomic E-state index is 0.268. The van der Waals surface area contributed by atoms with Gasteiger partial charge in [-0.1, -0.05) is 24.3 Å². The summed E-state index contributed by atoms with van der Waals surface area (Å²) in [5.74, 6) is 0.687. The van der Waals surface area contributed by atoms with Crippen molar-refractivity contribution >= 4 is 20.8 Å². The molecule has 2 aromatic carbocycles. The zero-order valence-corrected chi connectivity index (χ0v) is 13.9. The summed E-state index contributed by atoms with van der Waals surface area (Å²) < 4.78 is 32.6. The van der Waals surface area contributed by atoms with Gasteiger partial charge in [0.2, 0.25) is 10.0 Å². The molecule has 2 aromatic rings. The van der Waals surface area contributed by atoms with Crippen molar-refractivity contribution in [3.05, 3.63) is 36.4 Å². The van der Waals surface area contributed by atoms with Crippen molar-refractivity contribution in [1.29, 1.82) is 0 Å². The summed E-state index contributed by atoms with van der Waals surface area (Å²) in [5, 5.41) is 1.45. The minimum Gasteiger partial charge on any atom is -0.493 e. The third-order valence-electron chi connectivity index (χ3n) is 3.76. The van der Waals surface area contributed by atoms with Crippen molar-refractivity contribution in [1.82, 2.24) is 4.31 Å². The number of benzene rings is 2. The first-order valence-electron chi connectivity index (χ1n) is 7.26. The predicted molar refractivity (Wildman–Crippen MR) is 88.6 cm³/mol. The molecule has 0 fully saturated rings. The number of hydrogen-bond donors (Lipinski definition) is 1. The maximum atomic E-state index is 12.8. The zero-order chi connectivity index (χ0) is 16.3. The molecule has 0 radical (unpaired) electrons. The van der Waals surface area contributed by atoms with Gasteiger partial charge in [-0.25, -0.2) is 8.42 Å². The van der Waals surface area contributed by atoms with Gasteiger partial charge in [0.1, 0.15) is 5.75 Å². The summed E-state index contributed by atoms with van der Waals surface area (Å²) in [6, 6.07) is 10.4. The Morgan fingerprint density at radius 1 is 1.18 bits per heavy atom. The number of likely N-dealkylation sites (N-methyl/N-ethyl adjacent to an activating group) is 1. The van der Waals surface area contributed by atoms with Crippen molar-refractivity contribution < 1.29 is 13.2 Å². The van der Waals surface area contributed by atoms with E-state index in [9.17, 15) is 8.42 Å². The standard InChI is InChI=1S/C16H22N2O3S/c1-4-21-15-9-10-16(14-8-6-5-7-13(14)15)22(19,20)18(3)12(2)11-17/h5-10,12H,4,11,17H2,1-3H3. The Labute approximate surface area is 131 Å². The summed E-state index contributed by atoms with van der Waals surface area (Å²) in [6.45, 7) is 4.48. The average molecular weight is 322 g/mol. The van der Waals surface area contributed by atoms with E-state index in [1.54, 1.807) is 32.2 Å². The largest absolute Gasteiger partial charge is 0.493 e. The molecule has 0 aromatic heterocycles. The van der Waals surface area contributed by atoms with E-state index in [-0.39, 0.29) is 17.5 Å². The topological polar surface area (TPSA) is 72.6 Å². The Bertz CT molecular complexity index is 759. The average Bonchev–Trinajstić information content (AvgIpc) is 2.53. The van der Waals surface area contributed by atoms with Crippen LogP contribution in [0.3, 0.4) is 0 Å². The van der Waals surface area contributed by atoms with Crippen LogP contribution < -0.4 is 10.5 Å². The molecular weight excluding hydrogens is 300 g/mol. The van der Waals surface area contributed by atoms with E-state index in [1.165, 1.54) is 4.31 Å². The van der Waals surface area contributed by atoms with Crippen molar-refractivity contribution in [3.63, 3.8) is 0 Å². The fourth-order valence-corrected chi connectivity index (χ4v) is 3.86. The fourth-order valence-electron chi connectivity index (χ4n) is 2.29. The Kier molecular flexibility index (Phi) is 5.05. The first kappa shape index (κ1) is 16.7. The second kappa shape index (κ2) is 6.64. The highest BCUT2D eigenvalue weighted by atomic mass is 32.2. The van der Waals surface area contributed by atoms with E-state index in [4.69, 9.17) is 10.5 Å². The first-order valence-corrected chi connectivity index (χ1v) is 8.70. The summed E-state index contributed by atoms with van der Waals surface area (Å²) in [7, 11) is -2.06. The molecule has 6 heteroatoms. The first-order chi connectivity index (χ1) is 10.4. The molecule has 22 heavy (non-hydrogen) atoms. The summed E-state index contributed by atoms with van der Waals surface area (Å²) in [4.78, 5) is 0.273. The van der Waals surface area contributed by atoms with E-state index < -0.39 is 10.0 Å². The lowest BCUT2D eigenvalue weighted by Gasteiger charge is -2.24. The lowest BCUT2D eigenvalue weighted by molar-refractivity contribution is 0.344. The van der Waals surface area contributed by atoms with Crippen LogP contribution in [0.2, 0.25) is 0 Å². The van der Waals surface area contributed by atoms with Crippen molar-refractivity contribution in [2.24, 2.45) is 5.73 Å². The van der Waals surface area contributed by atoms with Crippen LogP contribution in [-0.2, 0) is 10.0 Å². The van der Waals surface area contributed by atoms with Crippen LogP contribution >= 0.6 is 0 Å². The number of rotatable bonds is 6. The van der Waals surface area contributed by atoms with E-state index in [0.717, 1.165) is 5.39 Å². The molecule has 1 unspecified atom stereocenters. The molecule has 0 aliphatic rings. The second-order valence-corrected chi connectivity index (χ2v) is 7.11. The normalized spacial score (nSPS) is 13.5. The Morgan fingerprint density at radius 2 is 1.82 bits per heavy atom. The molecule has 0 aliphatic heterocycles. The van der Waals surface area contributed by atoms with Crippen molar-refractivity contribution in [3.8, 4) is 5.75 Å². The van der Waals surface area contributed by atoms with Gasteiger partial charge in [0.05, 0.1) is 11.5 Å². The number of ether oxygens (including phenoxy) is 1. The Morgan fingerprint density at radius 3 is 2.41 bits per heavy atom. The predicted octanol–water partition coefficient (Wildman–Crippen LogP) is 2.21. The summed E-state index contributed by atoms with van der Waals surface area (Å²) >= 11 is 0. The van der Waals surface area contributed by atoms with Gasteiger partial charge in [-0.15, -0.1) is 0 Å². The smallest absolute Gasteiger partial charge is 0.243 e. The van der Waals surface area contributed by atoms with Crippen molar-refractivity contribution in [2.75, 3.05) is 20.2 Å².